The number of anilines is 1. The van der Waals surface area contributed by atoms with E-state index < -0.39 is 11.3 Å². The van der Waals surface area contributed by atoms with E-state index in [2.05, 4.69) is 11.1 Å². The molecular weight excluding hydrogens is 438 g/mol. The summed E-state index contributed by atoms with van der Waals surface area (Å²) < 4.78 is 7.21. The number of nitrogens with zero attached hydrogens (tertiary/aromatic N) is 4. The normalized spacial score (nSPS) is 20.3. The number of carbonyl (C=O) groups excluding carboxylic acids is 1. The van der Waals surface area contributed by atoms with Crippen LogP contribution in [0.25, 0.3) is 0 Å². The quantitative estimate of drug-likeness (QED) is 0.590. The largest absolute Gasteiger partial charge is 0.421 e. The van der Waals surface area contributed by atoms with Crippen LogP contribution in [0, 0.1) is 11.3 Å². The SMILES string of the molecule is N#CC1=C(N)Oc2nc3n(c(=O)c2C12C(=O)N(Cc1ccccc1)c1ccccc12)CCS3. The lowest BCUT2D eigenvalue weighted by molar-refractivity contribution is -0.121. The Balaban J connectivity index is 1.68. The molecule has 6 rings (SSSR count). The van der Waals surface area contributed by atoms with E-state index in [0.29, 0.717) is 28.7 Å². The zero-order valence-corrected chi connectivity index (χ0v) is 18.1. The van der Waals surface area contributed by atoms with Crippen LogP contribution >= 0.6 is 11.8 Å². The maximum Gasteiger partial charge on any atom is 0.263 e. The maximum absolute atomic E-state index is 14.3. The Morgan fingerprint density at radius 1 is 1.15 bits per heavy atom. The number of nitrogens with two attached hydrogens (primary N) is 1. The summed E-state index contributed by atoms with van der Waals surface area (Å²) in [5, 5.41) is 10.7. The van der Waals surface area contributed by atoms with Crippen molar-refractivity contribution in [3.05, 3.63) is 93.1 Å². The summed E-state index contributed by atoms with van der Waals surface area (Å²) in [6, 6.07) is 18.8. The van der Waals surface area contributed by atoms with E-state index in [1.165, 1.54) is 11.8 Å². The summed E-state index contributed by atoms with van der Waals surface area (Å²) in [7, 11) is 0. The van der Waals surface area contributed by atoms with Crippen molar-refractivity contribution in [1.82, 2.24) is 9.55 Å². The van der Waals surface area contributed by atoms with Crippen LogP contribution in [0.2, 0.25) is 0 Å². The molecule has 0 saturated carbocycles. The van der Waals surface area contributed by atoms with Gasteiger partial charge < -0.3 is 15.4 Å². The molecule has 2 aromatic carbocycles. The first-order valence-corrected chi connectivity index (χ1v) is 11.4. The average molecular weight is 455 g/mol. The number of rotatable bonds is 2. The summed E-state index contributed by atoms with van der Waals surface area (Å²) in [6.07, 6.45) is 0. The number of aromatic nitrogens is 2. The summed E-state index contributed by atoms with van der Waals surface area (Å²) in [6.45, 7) is 0.753. The number of hydrogen-bond acceptors (Lipinski definition) is 7. The Hall–Kier alpha value is -4.03. The van der Waals surface area contributed by atoms with Gasteiger partial charge in [-0.25, -0.2) is 0 Å². The number of thioether (sulfide) groups is 1. The van der Waals surface area contributed by atoms with E-state index in [4.69, 9.17) is 10.5 Å². The van der Waals surface area contributed by atoms with Crippen LogP contribution in [0.1, 0.15) is 16.7 Å². The molecule has 4 heterocycles. The first-order valence-electron chi connectivity index (χ1n) is 10.4. The van der Waals surface area contributed by atoms with E-state index >= 15 is 0 Å². The summed E-state index contributed by atoms with van der Waals surface area (Å²) in [5.74, 6) is 0.0507. The lowest BCUT2D eigenvalue weighted by Crippen LogP contribution is -2.50. The van der Waals surface area contributed by atoms with Gasteiger partial charge in [0.2, 0.25) is 17.7 Å². The van der Waals surface area contributed by atoms with Gasteiger partial charge in [-0.2, -0.15) is 10.2 Å². The van der Waals surface area contributed by atoms with Crippen molar-refractivity contribution >= 4 is 23.4 Å². The third-order valence-corrected chi connectivity index (χ3v) is 7.27. The van der Waals surface area contributed by atoms with Gasteiger partial charge in [0.15, 0.2) is 10.6 Å². The molecule has 3 aliphatic heterocycles. The number of para-hydroxylation sites is 1. The molecule has 3 aliphatic rings. The van der Waals surface area contributed by atoms with Crippen LogP contribution in [-0.4, -0.2) is 21.2 Å². The van der Waals surface area contributed by atoms with Gasteiger partial charge in [-0.05, 0) is 11.6 Å². The van der Waals surface area contributed by atoms with Crippen molar-refractivity contribution in [2.24, 2.45) is 5.73 Å². The molecule has 2 N–H and O–H groups in total. The summed E-state index contributed by atoms with van der Waals surface area (Å²) >= 11 is 1.44. The molecule has 0 radical (unpaired) electrons. The standard InChI is InChI=1S/C24H17N5O3S/c25-12-16-19(26)32-20-18(21(30)28-10-11-33-23(28)27-20)24(16)15-8-4-5-9-17(15)29(22(24)31)13-14-6-2-1-3-7-14/h1-9H,10-11,13,26H2. The second kappa shape index (κ2) is 6.98. The van der Waals surface area contributed by atoms with Gasteiger partial charge in [-0.15, -0.1) is 0 Å². The van der Waals surface area contributed by atoms with Crippen LogP contribution in [0.15, 0.2) is 76.0 Å². The molecule has 1 spiro atoms. The molecule has 3 aromatic rings. The van der Waals surface area contributed by atoms with Gasteiger partial charge in [0, 0.05) is 23.5 Å². The van der Waals surface area contributed by atoms with E-state index in [1.807, 2.05) is 42.5 Å². The number of carbonyl (C=O) groups is 1. The Morgan fingerprint density at radius 3 is 2.70 bits per heavy atom. The Kier molecular flexibility index (Phi) is 4.16. The van der Waals surface area contributed by atoms with E-state index in [1.54, 1.807) is 21.6 Å². The molecule has 162 valence electrons. The monoisotopic (exact) mass is 455 g/mol. The Morgan fingerprint density at radius 2 is 1.91 bits per heavy atom. The highest BCUT2D eigenvalue weighted by molar-refractivity contribution is 7.99. The van der Waals surface area contributed by atoms with Crippen molar-refractivity contribution in [3.63, 3.8) is 0 Å². The fourth-order valence-electron chi connectivity index (χ4n) is 4.91. The van der Waals surface area contributed by atoms with E-state index in [-0.39, 0.29) is 35.0 Å². The van der Waals surface area contributed by atoms with Crippen molar-refractivity contribution in [1.29, 1.82) is 5.26 Å². The highest BCUT2D eigenvalue weighted by Gasteiger charge is 2.61. The molecule has 1 atom stereocenters. The van der Waals surface area contributed by atoms with Crippen LogP contribution in [0.3, 0.4) is 0 Å². The predicted molar refractivity (Wildman–Crippen MR) is 122 cm³/mol. The Bertz CT molecular complexity index is 1470. The fourth-order valence-corrected chi connectivity index (χ4v) is 5.84. The van der Waals surface area contributed by atoms with Crippen molar-refractivity contribution < 1.29 is 9.53 Å². The highest BCUT2D eigenvalue weighted by Crippen LogP contribution is 2.54. The van der Waals surface area contributed by atoms with E-state index in [0.717, 1.165) is 5.56 Å². The number of amides is 1. The number of nitriles is 1. The van der Waals surface area contributed by atoms with Crippen LogP contribution in [-0.2, 0) is 23.3 Å². The molecule has 1 aromatic heterocycles. The van der Waals surface area contributed by atoms with Crippen molar-refractivity contribution in [2.45, 2.75) is 23.7 Å². The Labute approximate surface area is 192 Å². The van der Waals surface area contributed by atoms with Gasteiger partial charge in [0.05, 0.1) is 6.54 Å². The number of benzene rings is 2. The molecule has 0 aliphatic carbocycles. The van der Waals surface area contributed by atoms with Gasteiger partial charge in [-0.1, -0.05) is 60.3 Å². The first-order chi connectivity index (χ1) is 16.1. The minimum atomic E-state index is -1.71. The van der Waals surface area contributed by atoms with Crippen LogP contribution in [0.4, 0.5) is 5.69 Å². The lowest BCUT2D eigenvalue weighted by Gasteiger charge is -2.33. The third-order valence-electron chi connectivity index (χ3n) is 6.31. The smallest absolute Gasteiger partial charge is 0.263 e. The summed E-state index contributed by atoms with van der Waals surface area (Å²) in [4.78, 5) is 34.2. The number of ether oxygens (including phenoxy) is 1. The number of hydrogen-bond donors (Lipinski definition) is 1. The van der Waals surface area contributed by atoms with Crippen molar-refractivity contribution in [3.8, 4) is 11.9 Å². The van der Waals surface area contributed by atoms with Gasteiger partial charge in [0.1, 0.15) is 17.2 Å². The van der Waals surface area contributed by atoms with Crippen LogP contribution in [0.5, 0.6) is 5.88 Å². The molecule has 0 saturated heterocycles. The average Bonchev–Trinajstić information content (AvgIpc) is 3.38. The third kappa shape index (κ3) is 2.49. The molecule has 0 fully saturated rings. The second-order valence-electron chi connectivity index (χ2n) is 7.98. The fraction of sp³-hybridized carbons (Fsp3) is 0.167. The van der Waals surface area contributed by atoms with Gasteiger partial charge >= 0.3 is 0 Å². The molecule has 33 heavy (non-hydrogen) atoms. The lowest BCUT2D eigenvalue weighted by atomic mass is 9.69. The minimum absolute atomic E-state index is 0.0122. The maximum atomic E-state index is 14.3. The van der Waals surface area contributed by atoms with Gasteiger partial charge in [-0.3, -0.25) is 14.2 Å². The van der Waals surface area contributed by atoms with E-state index in [9.17, 15) is 14.9 Å². The second-order valence-corrected chi connectivity index (χ2v) is 9.04. The molecule has 1 unspecified atom stereocenters. The number of fused-ring (bicyclic) bond motifs is 5. The summed E-state index contributed by atoms with van der Waals surface area (Å²) in [5.41, 5.74) is 6.11. The van der Waals surface area contributed by atoms with Gasteiger partial charge in [0.25, 0.3) is 5.56 Å². The molecule has 8 nitrogen and oxygen atoms in total. The minimum Gasteiger partial charge on any atom is -0.421 e. The molecule has 0 bridgehead atoms. The van der Waals surface area contributed by atoms with Crippen molar-refractivity contribution in [2.75, 3.05) is 10.7 Å². The predicted octanol–water partition coefficient (Wildman–Crippen LogP) is 2.27. The first kappa shape index (κ1) is 19.6. The zero-order valence-electron chi connectivity index (χ0n) is 17.3. The molecule has 1 amide bonds. The zero-order chi connectivity index (χ0) is 22.7. The molecule has 9 heteroatoms. The highest BCUT2D eigenvalue weighted by atomic mass is 32.2. The molecular formula is C24H17N5O3S. The van der Waals surface area contributed by atoms with Crippen LogP contribution < -0.4 is 20.9 Å². The topological polar surface area (TPSA) is 114 Å².